The summed E-state index contributed by atoms with van der Waals surface area (Å²) in [6.45, 7) is -2.31. The Kier molecular flexibility index (Phi) is 5.07. The number of rotatable bonds is 3. The molecule has 0 aliphatic carbocycles. The maximum Gasteiger partial charge on any atom is 0.471 e. The van der Waals surface area contributed by atoms with Gasteiger partial charge in [-0.15, -0.1) is 0 Å². The summed E-state index contributed by atoms with van der Waals surface area (Å²) in [5.41, 5.74) is 0. The predicted molar refractivity (Wildman–Crippen MR) is 54.2 cm³/mol. The van der Waals surface area contributed by atoms with Crippen molar-refractivity contribution in [1.82, 2.24) is 4.90 Å². The molecule has 1 aliphatic heterocycles. The van der Waals surface area contributed by atoms with Crippen molar-refractivity contribution in [2.75, 3.05) is 13.2 Å². The first kappa shape index (κ1) is 17.5. The van der Waals surface area contributed by atoms with Gasteiger partial charge in [0.1, 0.15) is 6.61 Å². The van der Waals surface area contributed by atoms with Crippen LogP contribution >= 0.6 is 0 Å². The summed E-state index contributed by atoms with van der Waals surface area (Å²) in [5.74, 6) is -4.25. The molecule has 0 saturated carbocycles. The van der Waals surface area contributed by atoms with E-state index in [0.717, 1.165) is 0 Å². The number of piperidine rings is 1. The van der Waals surface area contributed by atoms with Crippen LogP contribution in [0.3, 0.4) is 0 Å². The van der Waals surface area contributed by atoms with Crippen LogP contribution in [0.15, 0.2) is 0 Å². The Balaban J connectivity index is 2.90. The van der Waals surface area contributed by atoms with Crippen molar-refractivity contribution in [2.24, 2.45) is 0 Å². The highest BCUT2D eigenvalue weighted by Crippen LogP contribution is 2.28. The van der Waals surface area contributed by atoms with Crippen molar-refractivity contribution in [3.63, 3.8) is 0 Å². The molecule has 1 fully saturated rings. The smallest absolute Gasteiger partial charge is 0.471 e. The maximum atomic E-state index is 12.4. The largest absolute Gasteiger partial charge is 0.480 e. The average Bonchev–Trinajstić information content (AvgIpc) is 2.32. The van der Waals surface area contributed by atoms with Gasteiger partial charge in [0.05, 0.1) is 6.10 Å². The molecule has 0 spiro atoms. The molecule has 0 aromatic carbocycles. The SMILES string of the molecule is O=C(O)C1C(OCC(F)(F)F)CCCN1C(=O)C(F)(F)F. The highest BCUT2D eigenvalue weighted by molar-refractivity contribution is 5.87. The fraction of sp³-hybridized carbons (Fsp3) is 0.800. The Morgan fingerprint density at radius 2 is 1.76 bits per heavy atom. The second-order valence-corrected chi connectivity index (χ2v) is 4.39. The molecule has 0 aromatic rings. The van der Waals surface area contributed by atoms with E-state index in [-0.39, 0.29) is 17.7 Å². The summed E-state index contributed by atoms with van der Waals surface area (Å²) < 4.78 is 77.6. The lowest BCUT2D eigenvalue weighted by Crippen LogP contribution is -2.59. The second-order valence-electron chi connectivity index (χ2n) is 4.39. The number of alkyl halides is 6. The fourth-order valence-electron chi connectivity index (χ4n) is 2.02. The standard InChI is InChI=1S/C10H11F6NO4/c11-9(12,13)4-21-5-2-1-3-17(6(5)7(18)19)8(20)10(14,15)16/h5-6H,1-4H2,(H,18,19). The van der Waals surface area contributed by atoms with E-state index >= 15 is 0 Å². The summed E-state index contributed by atoms with van der Waals surface area (Å²) in [5, 5.41) is 8.90. The van der Waals surface area contributed by atoms with Gasteiger partial charge in [-0.25, -0.2) is 4.79 Å². The molecule has 11 heteroatoms. The van der Waals surface area contributed by atoms with Gasteiger partial charge < -0.3 is 14.7 Å². The first-order valence-corrected chi connectivity index (χ1v) is 5.72. The van der Waals surface area contributed by atoms with Crippen LogP contribution in [0.2, 0.25) is 0 Å². The van der Waals surface area contributed by atoms with Crippen LogP contribution in [0.4, 0.5) is 26.3 Å². The number of hydrogen-bond acceptors (Lipinski definition) is 3. The minimum atomic E-state index is -5.31. The second kappa shape index (κ2) is 6.08. The number of hydrogen-bond donors (Lipinski definition) is 1. The zero-order valence-corrected chi connectivity index (χ0v) is 10.4. The minimum absolute atomic E-state index is 0.00707. The van der Waals surface area contributed by atoms with Crippen molar-refractivity contribution >= 4 is 11.9 Å². The molecule has 0 radical (unpaired) electrons. The van der Waals surface area contributed by atoms with Crippen molar-refractivity contribution < 1.29 is 45.8 Å². The Hall–Kier alpha value is -1.52. The highest BCUT2D eigenvalue weighted by Gasteiger charge is 2.50. The van der Waals surface area contributed by atoms with E-state index in [1.807, 2.05) is 0 Å². The summed E-state index contributed by atoms with van der Waals surface area (Å²) in [4.78, 5) is 22.1. The molecule has 2 atom stereocenters. The third-order valence-corrected chi connectivity index (χ3v) is 2.79. The Bertz CT molecular complexity index is 407. The number of carbonyl (C=O) groups is 2. The Labute approximate surface area is 114 Å². The van der Waals surface area contributed by atoms with E-state index in [2.05, 4.69) is 4.74 Å². The number of carboxylic acids is 1. The van der Waals surface area contributed by atoms with Gasteiger partial charge >= 0.3 is 24.2 Å². The van der Waals surface area contributed by atoms with E-state index in [0.29, 0.717) is 0 Å². The van der Waals surface area contributed by atoms with E-state index in [4.69, 9.17) is 5.11 Å². The first-order chi connectivity index (χ1) is 9.43. The molecular weight excluding hydrogens is 312 g/mol. The number of nitrogens with zero attached hydrogens (tertiary/aromatic N) is 1. The highest BCUT2D eigenvalue weighted by atomic mass is 19.4. The molecule has 1 heterocycles. The van der Waals surface area contributed by atoms with E-state index in [1.54, 1.807) is 0 Å². The zero-order chi connectivity index (χ0) is 16.4. The normalized spacial score (nSPS) is 24.0. The molecule has 1 rings (SSSR count). The summed E-state index contributed by atoms with van der Waals surface area (Å²) >= 11 is 0. The topological polar surface area (TPSA) is 66.8 Å². The molecule has 2 unspecified atom stereocenters. The molecule has 1 aliphatic rings. The van der Waals surface area contributed by atoms with Gasteiger partial charge in [0.2, 0.25) is 0 Å². The van der Waals surface area contributed by atoms with Gasteiger partial charge in [0.15, 0.2) is 6.04 Å². The van der Waals surface area contributed by atoms with Gasteiger partial charge in [0, 0.05) is 6.54 Å². The monoisotopic (exact) mass is 323 g/mol. The summed E-state index contributed by atoms with van der Waals surface area (Å²) in [6.07, 6.45) is -12.0. The number of aliphatic carboxylic acids is 1. The summed E-state index contributed by atoms with van der Waals surface area (Å²) in [7, 11) is 0. The van der Waals surface area contributed by atoms with Crippen molar-refractivity contribution in [3.05, 3.63) is 0 Å². The van der Waals surface area contributed by atoms with Crippen molar-refractivity contribution in [3.8, 4) is 0 Å². The molecule has 1 saturated heterocycles. The van der Waals surface area contributed by atoms with E-state index in [1.165, 1.54) is 0 Å². The van der Waals surface area contributed by atoms with Gasteiger partial charge in [-0.3, -0.25) is 4.79 Å². The van der Waals surface area contributed by atoms with Gasteiger partial charge in [0.25, 0.3) is 0 Å². The van der Waals surface area contributed by atoms with Gasteiger partial charge in [-0.05, 0) is 12.8 Å². The number of halogens is 6. The molecule has 0 aromatic heterocycles. The predicted octanol–water partition coefficient (Wildman–Crippen LogP) is 1.57. The van der Waals surface area contributed by atoms with E-state index in [9.17, 15) is 35.9 Å². The number of carboxylic acid groups (broad SMARTS) is 1. The Morgan fingerprint density at radius 3 is 2.19 bits per heavy atom. The quantitative estimate of drug-likeness (QED) is 0.801. The van der Waals surface area contributed by atoms with Crippen LogP contribution in [0.25, 0.3) is 0 Å². The van der Waals surface area contributed by atoms with Crippen LogP contribution in [0.1, 0.15) is 12.8 Å². The zero-order valence-electron chi connectivity index (χ0n) is 10.4. The lowest BCUT2D eigenvalue weighted by molar-refractivity contribution is -0.210. The fourth-order valence-corrected chi connectivity index (χ4v) is 2.02. The lowest BCUT2D eigenvalue weighted by Gasteiger charge is -2.38. The summed E-state index contributed by atoms with van der Waals surface area (Å²) in [6, 6.07) is -2.10. The first-order valence-electron chi connectivity index (χ1n) is 5.72. The molecule has 21 heavy (non-hydrogen) atoms. The number of amides is 1. The van der Waals surface area contributed by atoms with E-state index < -0.39 is 49.5 Å². The van der Waals surface area contributed by atoms with Crippen LogP contribution < -0.4 is 0 Å². The number of ether oxygens (including phenoxy) is 1. The molecule has 5 nitrogen and oxygen atoms in total. The number of carbonyl (C=O) groups excluding carboxylic acids is 1. The van der Waals surface area contributed by atoms with Crippen LogP contribution in [0.5, 0.6) is 0 Å². The lowest BCUT2D eigenvalue weighted by atomic mass is 9.98. The third kappa shape index (κ3) is 4.76. The molecular formula is C10H11F6NO4. The minimum Gasteiger partial charge on any atom is -0.480 e. The average molecular weight is 323 g/mol. The van der Waals surface area contributed by atoms with Crippen LogP contribution in [-0.4, -0.2) is 59.5 Å². The Morgan fingerprint density at radius 1 is 1.19 bits per heavy atom. The third-order valence-electron chi connectivity index (χ3n) is 2.79. The van der Waals surface area contributed by atoms with Gasteiger partial charge in [-0.1, -0.05) is 0 Å². The van der Waals surface area contributed by atoms with Crippen LogP contribution in [0, 0.1) is 0 Å². The number of likely N-dealkylation sites (tertiary alicyclic amines) is 1. The van der Waals surface area contributed by atoms with Crippen LogP contribution in [-0.2, 0) is 14.3 Å². The van der Waals surface area contributed by atoms with Crippen molar-refractivity contribution in [1.29, 1.82) is 0 Å². The molecule has 1 N–H and O–H groups in total. The maximum absolute atomic E-state index is 12.4. The molecule has 1 amide bonds. The van der Waals surface area contributed by atoms with Crippen molar-refractivity contribution in [2.45, 2.75) is 37.3 Å². The molecule has 0 bridgehead atoms. The molecule has 122 valence electrons. The van der Waals surface area contributed by atoms with Gasteiger partial charge in [-0.2, -0.15) is 26.3 Å².